The predicted octanol–water partition coefficient (Wildman–Crippen LogP) is 1.16. The van der Waals surface area contributed by atoms with Crippen LogP contribution in [-0.4, -0.2) is 40.7 Å². The van der Waals surface area contributed by atoms with E-state index >= 15 is 0 Å². The largest absolute Gasteiger partial charge is 0.338 e. The summed E-state index contributed by atoms with van der Waals surface area (Å²) in [7, 11) is 0. The van der Waals surface area contributed by atoms with Gasteiger partial charge in [0.2, 0.25) is 5.89 Å². The second-order valence-electron chi connectivity index (χ2n) is 5.85. The monoisotopic (exact) mass is 238 g/mol. The van der Waals surface area contributed by atoms with Crippen molar-refractivity contribution in [2.75, 3.05) is 19.6 Å². The van der Waals surface area contributed by atoms with Crippen molar-refractivity contribution in [1.29, 1.82) is 0 Å². The van der Waals surface area contributed by atoms with Gasteiger partial charge in [0.05, 0.1) is 6.54 Å². The minimum absolute atomic E-state index is 0.0432. The lowest BCUT2D eigenvalue weighted by Crippen LogP contribution is -2.48. The molecule has 5 heteroatoms. The SMILES string of the molecule is C[C@@H]1CN(Cc2nc(C(C)(C)C)no2)CCN1. The van der Waals surface area contributed by atoms with Crippen molar-refractivity contribution >= 4 is 0 Å². The summed E-state index contributed by atoms with van der Waals surface area (Å²) in [6.45, 7) is 12.3. The van der Waals surface area contributed by atoms with Crippen LogP contribution in [0, 0.1) is 0 Å². The maximum absolute atomic E-state index is 5.31. The van der Waals surface area contributed by atoms with Gasteiger partial charge in [-0.05, 0) is 6.92 Å². The average Bonchev–Trinajstić information content (AvgIpc) is 2.65. The van der Waals surface area contributed by atoms with E-state index in [1.807, 2.05) is 0 Å². The summed E-state index contributed by atoms with van der Waals surface area (Å²) in [5, 5.41) is 7.46. The molecule has 0 aromatic carbocycles. The molecule has 0 unspecified atom stereocenters. The molecule has 17 heavy (non-hydrogen) atoms. The molecule has 0 amide bonds. The molecule has 1 aromatic rings. The van der Waals surface area contributed by atoms with Gasteiger partial charge in [-0.15, -0.1) is 0 Å². The Bertz CT molecular complexity index is 369. The van der Waals surface area contributed by atoms with Gasteiger partial charge in [-0.25, -0.2) is 0 Å². The van der Waals surface area contributed by atoms with E-state index in [0.29, 0.717) is 6.04 Å². The number of nitrogens with zero attached hydrogens (tertiary/aromatic N) is 3. The summed E-state index contributed by atoms with van der Waals surface area (Å²) in [6.07, 6.45) is 0. The highest BCUT2D eigenvalue weighted by atomic mass is 16.5. The first-order valence-corrected chi connectivity index (χ1v) is 6.24. The number of nitrogens with one attached hydrogen (secondary N) is 1. The van der Waals surface area contributed by atoms with Crippen LogP contribution in [0.4, 0.5) is 0 Å². The van der Waals surface area contributed by atoms with Crippen LogP contribution >= 0.6 is 0 Å². The number of aromatic nitrogens is 2. The van der Waals surface area contributed by atoms with Gasteiger partial charge in [0, 0.05) is 31.1 Å². The first-order chi connectivity index (χ1) is 7.95. The van der Waals surface area contributed by atoms with Crippen molar-refractivity contribution in [3.05, 3.63) is 11.7 Å². The quantitative estimate of drug-likeness (QED) is 0.838. The minimum atomic E-state index is -0.0432. The lowest BCUT2D eigenvalue weighted by atomic mass is 9.96. The third kappa shape index (κ3) is 3.26. The average molecular weight is 238 g/mol. The van der Waals surface area contributed by atoms with E-state index in [4.69, 9.17) is 4.52 Å². The normalized spacial score (nSPS) is 22.9. The smallest absolute Gasteiger partial charge is 0.240 e. The zero-order valence-corrected chi connectivity index (χ0v) is 11.2. The lowest BCUT2D eigenvalue weighted by molar-refractivity contribution is 0.177. The molecule has 0 aliphatic carbocycles. The highest BCUT2D eigenvalue weighted by Gasteiger charge is 2.23. The third-order valence-electron chi connectivity index (χ3n) is 2.95. The van der Waals surface area contributed by atoms with Gasteiger partial charge in [-0.3, -0.25) is 4.90 Å². The minimum Gasteiger partial charge on any atom is -0.338 e. The molecule has 0 radical (unpaired) electrons. The van der Waals surface area contributed by atoms with Gasteiger partial charge in [-0.1, -0.05) is 25.9 Å². The summed E-state index contributed by atoms with van der Waals surface area (Å²) >= 11 is 0. The second-order valence-corrected chi connectivity index (χ2v) is 5.85. The number of piperazine rings is 1. The molecule has 5 nitrogen and oxygen atoms in total. The Morgan fingerprint density at radius 2 is 2.24 bits per heavy atom. The van der Waals surface area contributed by atoms with Crippen LogP contribution in [0.1, 0.15) is 39.4 Å². The Kier molecular flexibility index (Phi) is 3.49. The van der Waals surface area contributed by atoms with Gasteiger partial charge in [0.15, 0.2) is 5.82 Å². The van der Waals surface area contributed by atoms with Crippen molar-refractivity contribution in [2.24, 2.45) is 0 Å². The number of hydrogen-bond donors (Lipinski definition) is 1. The Hall–Kier alpha value is -0.940. The fraction of sp³-hybridized carbons (Fsp3) is 0.833. The molecule has 1 aliphatic rings. The van der Waals surface area contributed by atoms with E-state index in [1.165, 1.54) is 0 Å². The van der Waals surface area contributed by atoms with E-state index < -0.39 is 0 Å². The molecule has 1 aliphatic heterocycles. The van der Waals surface area contributed by atoms with Crippen molar-refractivity contribution in [3.8, 4) is 0 Å². The van der Waals surface area contributed by atoms with Crippen LogP contribution in [0.15, 0.2) is 4.52 Å². The van der Waals surface area contributed by atoms with Crippen LogP contribution in [0.25, 0.3) is 0 Å². The molecular formula is C12H22N4O. The van der Waals surface area contributed by atoms with Crippen LogP contribution in [0.3, 0.4) is 0 Å². The van der Waals surface area contributed by atoms with Crippen molar-refractivity contribution < 1.29 is 4.52 Å². The Balaban J connectivity index is 1.97. The summed E-state index contributed by atoms with van der Waals surface area (Å²) < 4.78 is 5.31. The molecular weight excluding hydrogens is 216 g/mol. The zero-order chi connectivity index (χ0) is 12.5. The molecule has 96 valence electrons. The second kappa shape index (κ2) is 4.74. The molecule has 0 bridgehead atoms. The van der Waals surface area contributed by atoms with Gasteiger partial charge in [-0.2, -0.15) is 4.98 Å². The molecule has 2 heterocycles. The van der Waals surface area contributed by atoms with Crippen LogP contribution in [-0.2, 0) is 12.0 Å². The van der Waals surface area contributed by atoms with E-state index in [1.54, 1.807) is 0 Å². The van der Waals surface area contributed by atoms with E-state index in [0.717, 1.165) is 37.9 Å². The summed E-state index contributed by atoms with van der Waals surface area (Å²) in [5.74, 6) is 1.51. The van der Waals surface area contributed by atoms with Crippen molar-refractivity contribution in [1.82, 2.24) is 20.4 Å². The molecule has 1 atom stereocenters. The fourth-order valence-electron chi connectivity index (χ4n) is 1.97. The van der Waals surface area contributed by atoms with Crippen molar-refractivity contribution in [2.45, 2.75) is 45.7 Å². The Morgan fingerprint density at radius 1 is 1.47 bits per heavy atom. The van der Waals surface area contributed by atoms with E-state index in [-0.39, 0.29) is 5.41 Å². The predicted molar refractivity (Wildman–Crippen MR) is 65.7 cm³/mol. The van der Waals surface area contributed by atoms with E-state index in [2.05, 4.69) is 48.1 Å². The van der Waals surface area contributed by atoms with Crippen LogP contribution in [0.5, 0.6) is 0 Å². The molecule has 1 saturated heterocycles. The highest BCUT2D eigenvalue weighted by molar-refractivity contribution is 5.00. The van der Waals surface area contributed by atoms with Crippen LogP contribution in [0.2, 0.25) is 0 Å². The van der Waals surface area contributed by atoms with Crippen molar-refractivity contribution in [3.63, 3.8) is 0 Å². The van der Waals surface area contributed by atoms with Gasteiger partial charge in [0.1, 0.15) is 0 Å². The van der Waals surface area contributed by atoms with Gasteiger partial charge >= 0.3 is 0 Å². The fourth-order valence-corrected chi connectivity index (χ4v) is 1.97. The molecule has 1 aromatic heterocycles. The first-order valence-electron chi connectivity index (χ1n) is 6.24. The molecule has 0 saturated carbocycles. The standard InChI is InChI=1S/C12H22N4O/c1-9-7-16(6-5-13-9)8-10-14-11(15-17-10)12(2,3)4/h9,13H,5-8H2,1-4H3/t9-/m1/s1. The van der Waals surface area contributed by atoms with Crippen LogP contribution < -0.4 is 5.32 Å². The summed E-state index contributed by atoms with van der Waals surface area (Å²) in [6, 6.07) is 0.536. The maximum atomic E-state index is 5.31. The lowest BCUT2D eigenvalue weighted by Gasteiger charge is -2.30. The number of hydrogen-bond acceptors (Lipinski definition) is 5. The number of rotatable bonds is 2. The Morgan fingerprint density at radius 3 is 2.82 bits per heavy atom. The topological polar surface area (TPSA) is 54.2 Å². The third-order valence-corrected chi connectivity index (χ3v) is 2.95. The zero-order valence-electron chi connectivity index (χ0n) is 11.2. The summed E-state index contributed by atoms with van der Waals surface area (Å²) in [4.78, 5) is 6.81. The van der Waals surface area contributed by atoms with E-state index in [9.17, 15) is 0 Å². The molecule has 1 fully saturated rings. The molecule has 0 spiro atoms. The maximum Gasteiger partial charge on any atom is 0.240 e. The van der Waals surface area contributed by atoms with Gasteiger partial charge in [0.25, 0.3) is 0 Å². The molecule has 1 N–H and O–H groups in total. The Labute approximate surface area is 103 Å². The van der Waals surface area contributed by atoms with Gasteiger partial charge < -0.3 is 9.84 Å². The molecule has 2 rings (SSSR count). The highest BCUT2D eigenvalue weighted by Crippen LogP contribution is 2.19. The first kappa shape index (κ1) is 12.5. The summed E-state index contributed by atoms with van der Waals surface area (Å²) in [5.41, 5.74) is -0.0432.